The fourth-order valence-electron chi connectivity index (χ4n) is 1.98. The van der Waals surface area contributed by atoms with Gasteiger partial charge in [0.05, 0.1) is 5.69 Å². The highest BCUT2D eigenvalue weighted by molar-refractivity contribution is 9.10. The van der Waals surface area contributed by atoms with Gasteiger partial charge in [-0.3, -0.25) is 0 Å². The zero-order valence-corrected chi connectivity index (χ0v) is 12.3. The monoisotopic (exact) mass is 333 g/mol. The van der Waals surface area contributed by atoms with Crippen LogP contribution in [0, 0.1) is 0 Å². The van der Waals surface area contributed by atoms with E-state index in [2.05, 4.69) is 35.9 Å². The largest absolute Gasteiger partial charge is 0.379 e. The van der Waals surface area contributed by atoms with Gasteiger partial charge in [-0.2, -0.15) is 0 Å². The Labute approximate surface area is 123 Å². The van der Waals surface area contributed by atoms with Crippen LogP contribution in [-0.4, -0.2) is 19.9 Å². The third-order valence-corrected chi connectivity index (χ3v) is 3.46. The molecule has 0 radical (unpaired) electrons. The van der Waals surface area contributed by atoms with Gasteiger partial charge >= 0.3 is 0 Å². The number of nitrogens with zero attached hydrogens (tertiary/aromatic N) is 4. The molecule has 0 atom stereocenters. The molecule has 0 fully saturated rings. The number of imidazole rings is 1. The number of benzene rings is 1. The minimum absolute atomic E-state index is 0.242. The minimum atomic E-state index is 0.242. The summed E-state index contributed by atoms with van der Waals surface area (Å²) in [5.74, 6) is 0.896. The topological polar surface area (TPSA) is 82.8 Å². The van der Waals surface area contributed by atoms with E-state index >= 15 is 0 Å². The maximum Gasteiger partial charge on any atom is 0.199 e. The maximum absolute atomic E-state index is 5.74. The predicted octanol–water partition coefficient (Wildman–Crippen LogP) is 2.96. The van der Waals surface area contributed by atoms with Gasteiger partial charge in [0.2, 0.25) is 0 Å². The van der Waals surface area contributed by atoms with Crippen LogP contribution in [0.4, 0.5) is 5.82 Å². The second-order valence-corrected chi connectivity index (χ2v) is 5.16. The van der Waals surface area contributed by atoms with Crippen molar-refractivity contribution < 1.29 is 4.63 Å². The first kappa shape index (κ1) is 12.9. The molecule has 102 valence electrons. The summed E-state index contributed by atoms with van der Waals surface area (Å²) in [6.45, 7) is 2.78. The Hall–Kier alpha value is -2.15. The Balaban J connectivity index is 2.12. The first-order chi connectivity index (χ1) is 9.69. The van der Waals surface area contributed by atoms with Crippen LogP contribution in [-0.2, 0) is 6.54 Å². The Morgan fingerprint density at radius 2 is 2.20 bits per heavy atom. The summed E-state index contributed by atoms with van der Waals surface area (Å²) in [6, 6.07) is 7.95. The average molecular weight is 334 g/mol. The molecular weight excluding hydrogens is 322 g/mol. The van der Waals surface area contributed by atoms with Crippen molar-refractivity contribution in [3.8, 4) is 22.8 Å². The number of rotatable bonds is 3. The molecule has 0 aliphatic rings. The van der Waals surface area contributed by atoms with E-state index in [1.54, 1.807) is 0 Å². The Morgan fingerprint density at radius 1 is 1.35 bits per heavy atom. The van der Waals surface area contributed by atoms with Crippen LogP contribution < -0.4 is 5.73 Å². The number of nitrogen functional groups attached to an aromatic ring is 1. The van der Waals surface area contributed by atoms with E-state index < -0.39 is 0 Å². The summed E-state index contributed by atoms with van der Waals surface area (Å²) >= 11 is 3.46. The third-order valence-electron chi connectivity index (χ3n) is 2.96. The van der Waals surface area contributed by atoms with Gasteiger partial charge in [0.15, 0.2) is 17.3 Å². The standard InChI is InChI=1S/C13H12BrN5O/c1-2-19-7-10(8-4-3-5-9(14)6-8)16-13(19)11-12(15)18-20-17-11/h3-7H,2H2,1H3,(H2,15,18). The van der Waals surface area contributed by atoms with Crippen LogP contribution in [0.1, 0.15) is 6.92 Å². The van der Waals surface area contributed by atoms with Crippen molar-refractivity contribution >= 4 is 21.7 Å². The lowest BCUT2D eigenvalue weighted by Gasteiger charge is -1.99. The smallest absolute Gasteiger partial charge is 0.199 e. The van der Waals surface area contributed by atoms with E-state index in [0.29, 0.717) is 11.5 Å². The molecule has 0 aliphatic heterocycles. The number of hydrogen-bond donors (Lipinski definition) is 1. The molecule has 2 aromatic heterocycles. The molecule has 0 spiro atoms. The lowest BCUT2D eigenvalue weighted by atomic mass is 10.2. The molecule has 0 aliphatic carbocycles. The van der Waals surface area contributed by atoms with Gasteiger partial charge in [-0.1, -0.05) is 28.1 Å². The molecule has 1 aromatic carbocycles. The van der Waals surface area contributed by atoms with E-state index in [0.717, 1.165) is 22.3 Å². The molecular formula is C13H12BrN5O. The zero-order chi connectivity index (χ0) is 14.1. The minimum Gasteiger partial charge on any atom is -0.379 e. The van der Waals surface area contributed by atoms with E-state index in [1.807, 2.05) is 42.0 Å². The molecule has 0 saturated heterocycles. The van der Waals surface area contributed by atoms with Gasteiger partial charge in [-0.05, 0) is 29.4 Å². The summed E-state index contributed by atoms with van der Waals surface area (Å²) in [6.07, 6.45) is 1.96. The van der Waals surface area contributed by atoms with Crippen molar-refractivity contribution in [1.29, 1.82) is 0 Å². The van der Waals surface area contributed by atoms with Crippen molar-refractivity contribution in [3.05, 3.63) is 34.9 Å². The van der Waals surface area contributed by atoms with Gasteiger partial charge in [-0.25, -0.2) is 9.61 Å². The molecule has 0 saturated carbocycles. The number of aryl methyl sites for hydroxylation is 1. The summed E-state index contributed by atoms with van der Waals surface area (Å²) in [5, 5.41) is 7.41. The molecule has 2 heterocycles. The molecule has 0 amide bonds. The summed E-state index contributed by atoms with van der Waals surface area (Å²) in [5.41, 5.74) is 8.07. The molecule has 7 heteroatoms. The highest BCUT2D eigenvalue weighted by Crippen LogP contribution is 2.27. The van der Waals surface area contributed by atoms with E-state index in [4.69, 9.17) is 5.73 Å². The quantitative estimate of drug-likeness (QED) is 0.796. The second kappa shape index (κ2) is 5.09. The average Bonchev–Trinajstić information content (AvgIpc) is 3.04. The third kappa shape index (κ3) is 2.20. The van der Waals surface area contributed by atoms with Gasteiger partial charge < -0.3 is 10.3 Å². The highest BCUT2D eigenvalue weighted by atomic mass is 79.9. The molecule has 20 heavy (non-hydrogen) atoms. The number of anilines is 1. The lowest BCUT2D eigenvalue weighted by molar-refractivity contribution is 0.310. The Morgan fingerprint density at radius 3 is 2.85 bits per heavy atom. The Bertz CT molecular complexity index is 749. The first-order valence-corrected chi connectivity index (χ1v) is 6.90. The zero-order valence-electron chi connectivity index (χ0n) is 10.7. The molecule has 0 unspecified atom stereocenters. The second-order valence-electron chi connectivity index (χ2n) is 4.24. The lowest BCUT2D eigenvalue weighted by Crippen LogP contribution is -1.98. The van der Waals surface area contributed by atoms with Crippen LogP contribution >= 0.6 is 15.9 Å². The number of halogens is 1. The first-order valence-electron chi connectivity index (χ1n) is 6.10. The van der Waals surface area contributed by atoms with Crippen molar-refractivity contribution in [2.75, 3.05) is 5.73 Å². The number of nitrogens with two attached hydrogens (primary N) is 1. The van der Waals surface area contributed by atoms with Crippen molar-refractivity contribution in [3.63, 3.8) is 0 Å². The summed E-state index contributed by atoms with van der Waals surface area (Å²) in [4.78, 5) is 4.60. The fourth-order valence-corrected chi connectivity index (χ4v) is 2.38. The summed E-state index contributed by atoms with van der Waals surface area (Å²) in [7, 11) is 0. The van der Waals surface area contributed by atoms with Gasteiger partial charge in [0.25, 0.3) is 0 Å². The van der Waals surface area contributed by atoms with E-state index in [-0.39, 0.29) is 5.82 Å². The van der Waals surface area contributed by atoms with Crippen molar-refractivity contribution in [2.45, 2.75) is 13.5 Å². The maximum atomic E-state index is 5.74. The van der Waals surface area contributed by atoms with E-state index in [9.17, 15) is 0 Å². The molecule has 6 nitrogen and oxygen atoms in total. The van der Waals surface area contributed by atoms with Gasteiger partial charge in [0, 0.05) is 22.8 Å². The molecule has 2 N–H and O–H groups in total. The summed E-state index contributed by atoms with van der Waals surface area (Å²) < 4.78 is 7.62. The van der Waals surface area contributed by atoms with Crippen LogP contribution in [0.2, 0.25) is 0 Å². The highest BCUT2D eigenvalue weighted by Gasteiger charge is 2.17. The molecule has 3 aromatic rings. The molecule has 3 rings (SSSR count). The number of hydrogen-bond acceptors (Lipinski definition) is 5. The van der Waals surface area contributed by atoms with Crippen molar-refractivity contribution in [2.24, 2.45) is 0 Å². The fraction of sp³-hybridized carbons (Fsp3) is 0.154. The van der Waals surface area contributed by atoms with Gasteiger partial charge in [-0.15, -0.1) is 0 Å². The SMILES string of the molecule is CCn1cc(-c2cccc(Br)c2)nc1-c1nonc1N. The van der Waals surface area contributed by atoms with Crippen LogP contribution in [0.5, 0.6) is 0 Å². The Kier molecular flexibility index (Phi) is 3.27. The van der Waals surface area contributed by atoms with Crippen LogP contribution in [0.15, 0.2) is 39.6 Å². The van der Waals surface area contributed by atoms with Gasteiger partial charge in [0.1, 0.15) is 0 Å². The van der Waals surface area contributed by atoms with E-state index in [1.165, 1.54) is 0 Å². The predicted molar refractivity (Wildman–Crippen MR) is 78.7 cm³/mol. The molecule has 0 bridgehead atoms. The van der Waals surface area contributed by atoms with Crippen molar-refractivity contribution in [1.82, 2.24) is 19.9 Å². The van der Waals surface area contributed by atoms with Crippen LogP contribution in [0.25, 0.3) is 22.8 Å². The van der Waals surface area contributed by atoms with Crippen LogP contribution in [0.3, 0.4) is 0 Å². The number of aromatic nitrogens is 4. The normalized spacial score (nSPS) is 10.9.